The maximum absolute atomic E-state index is 13.9. The summed E-state index contributed by atoms with van der Waals surface area (Å²) in [6, 6.07) is 10.6. The number of rotatable bonds is 6. The molecule has 9 heteroatoms. The lowest BCUT2D eigenvalue weighted by atomic mass is 9.48. The minimum absolute atomic E-state index is 0.00290. The number of carbonyl (C=O) groups excluding carboxylic acids is 2. The van der Waals surface area contributed by atoms with Crippen LogP contribution >= 0.6 is 0 Å². The van der Waals surface area contributed by atoms with Crippen molar-refractivity contribution < 1.29 is 32.2 Å². The van der Waals surface area contributed by atoms with Crippen molar-refractivity contribution in [3.05, 3.63) is 70.8 Å². The van der Waals surface area contributed by atoms with Crippen molar-refractivity contribution in [3.63, 3.8) is 0 Å². The lowest BCUT2D eigenvalue weighted by Crippen LogP contribution is -2.79. The Morgan fingerprint density at radius 3 is 2.57 bits per heavy atom. The average Bonchev–Trinajstić information content (AvgIpc) is 3.27. The first kappa shape index (κ1) is 28.8. The number of carbonyl (C=O) groups is 2. The fraction of sp³-hybridized carbons (Fsp3) is 0.515. The molecule has 1 saturated heterocycles. The molecule has 2 aliphatic heterocycles. The summed E-state index contributed by atoms with van der Waals surface area (Å²) in [6.07, 6.45) is 0.893. The van der Waals surface area contributed by atoms with Gasteiger partial charge in [-0.05, 0) is 80.6 Å². The zero-order chi connectivity index (χ0) is 30.0. The largest absolute Gasteiger partial charge is 0.487 e. The molecule has 5 atom stereocenters. The van der Waals surface area contributed by atoms with Gasteiger partial charge in [-0.1, -0.05) is 38.1 Å². The Hall–Kier alpha value is -3.33. The molecule has 2 fully saturated rings. The van der Waals surface area contributed by atoms with Crippen molar-refractivity contribution in [1.29, 1.82) is 0 Å². The predicted molar refractivity (Wildman–Crippen MR) is 152 cm³/mol. The molecule has 0 N–H and O–H groups in total. The maximum atomic E-state index is 13.9. The Balaban J connectivity index is 1.38. The second-order valence-corrected chi connectivity index (χ2v) is 12.7. The van der Waals surface area contributed by atoms with Crippen LogP contribution in [0.5, 0.6) is 5.75 Å². The van der Waals surface area contributed by atoms with Gasteiger partial charge in [-0.2, -0.15) is 13.2 Å². The van der Waals surface area contributed by atoms with Crippen LogP contribution in [0, 0.1) is 5.92 Å². The number of likely N-dealkylation sites (tertiary alicyclic amines) is 1. The molecule has 6 rings (SSSR count). The van der Waals surface area contributed by atoms with Gasteiger partial charge in [0.1, 0.15) is 17.5 Å². The number of benzene rings is 2. The normalized spacial score (nSPS) is 29.8. The van der Waals surface area contributed by atoms with E-state index in [0.717, 1.165) is 42.8 Å². The molecule has 0 radical (unpaired) electrons. The molecule has 2 heterocycles. The highest BCUT2D eigenvalue weighted by atomic mass is 19.4. The van der Waals surface area contributed by atoms with Crippen LogP contribution in [0.4, 0.5) is 13.2 Å². The highest BCUT2D eigenvalue weighted by molar-refractivity contribution is 5.92. The van der Waals surface area contributed by atoms with Crippen molar-refractivity contribution in [2.45, 2.75) is 81.8 Å². The number of piperidine rings is 1. The summed E-state index contributed by atoms with van der Waals surface area (Å²) in [5.74, 6) is 0.447. The fourth-order valence-corrected chi connectivity index (χ4v) is 8.28. The van der Waals surface area contributed by atoms with Gasteiger partial charge in [0.2, 0.25) is 5.91 Å². The highest BCUT2D eigenvalue weighted by Crippen LogP contribution is 2.65. The third-order valence-corrected chi connectivity index (χ3v) is 9.78. The van der Waals surface area contributed by atoms with Gasteiger partial charge >= 0.3 is 12.1 Å². The Morgan fingerprint density at radius 1 is 1.17 bits per heavy atom. The van der Waals surface area contributed by atoms with Crippen molar-refractivity contribution in [2.75, 3.05) is 20.1 Å². The van der Waals surface area contributed by atoms with Gasteiger partial charge in [0, 0.05) is 25.1 Å². The molecule has 0 unspecified atom stereocenters. The van der Waals surface area contributed by atoms with Gasteiger partial charge in [-0.25, -0.2) is 0 Å². The van der Waals surface area contributed by atoms with Crippen LogP contribution in [0.25, 0.3) is 6.08 Å². The summed E-state index contributed by atoms with van der Waals surface area (Å²) in [5.41, 5.74) is 0.759. The van der Waals surface area contributed by atoms with Crippen LogP contribution in [0.2, 0.25) is 0 Å². The fourth-order valence-electron chi connectivity index (χ4n) is 8.28. The molecule has 4 aliphatic rings. The molecule has 42 heavy (non-hydrogen) atoms. The highest BCUT2D eigenvalue weighted by Gasteiger charge is 2.75. The zero-order valence-electron chi connectivity index (χ0n) is 24.4. The zero-order valence-corrected chi connectivity index (χ0v) is 24.4. The number of nitrogens with zero attached hydrogens (tertiary/aromatic N) is 2. The molecule has 1 amide bonds. The second kappa shape index (κ2) is 10.1. The first-order valence-corrected chi connectivity index (χ1v) is 14.7. The van der Waals surface area contributed by atoms with Crippen LogP contribution < -0.4 is 4.74 Å². The molecule has 0 aromatic heterocycles. The van der Waals surface area contributed by atoms with Crippen LogP contribution in [-0.4, -0.2) is 65.6 Å². The topological polar surface area (TPSA) is 59.1 Å². The van der Waals surface area contributed by atoms with Crippen LogP contribution in [0.15, 0.2) is 48.5 Å². The quantitative estimate of drug-likeness (QED) is 0.327. The van der Waals surface area contributed by atoms with E-state index in [1.54, 1.807) is 6.08 Å². The predicted octanol–water partition coefficient (Wildman–Crippen LogP) is 5.63. The molecular weight excluding hydrogens is 545 g/mol. The average molecular weight is 583 g/mol. The van der Waals surface area contributed by atoms with Gasteiger partial charge in [0.05, 0.1) is 23.1 Å². The SMILES string of the molecule is CC(=O)O[C@@]12CC[C@@H](N(CC(C)C)C(=O)C=Cc3ccc(C(F)(F)F)cc3)[C@@H]3Oc4cccc5c4[C@@]31CCN(C)[C@@H]2C5. The van der Waals surface area contributed by atoms with Crippen molar-refractivity contribution in [3.8, 4) is 5.75 Å². The van der Waals surface area contributed by atoms with Gasteiger partial charge in [-0.3, -0.25) is 14.5 Å². The minimum atomic E-state index is -4.42. The lowest BCUT2D eigenvalue weighted by Gasteiger charge is -2.65. The van der Waals surface area contributed by atoms with Crippen LogP contribution in [0.1, 0.15) is 62.3 Å². The molecular formula is C33H37F3N2O4. The monoisotopic (exact) mass is 582 g/mol. The van der Waals surface area contributed by atoms with Crippen LogP contribution in [-0.2, 0) is 32.3 Å². The van der Waals surface area contributed by atoms with E-state index in [1.807, 2.05) is 17.0 Å². The number of amides is 1. The van der Waals surface area contributed by atoms with E-state index < -0.39 is 28.9 Å². The molecule has 2 aromatic rings. The number of hydrogen-bond donors (Lipinski definition) is 0. The van der Waals surface area contributed by atoms with Gasteiger partial charge in [0.25, 0.3) is 0 Å². The standard InChI is InChI=1S/C33H37F3N2O4/c1-20(2)19-38(28(40)13-10-22-8-11-24(12-9-22)33(34,35)36)25-14-15-32(42-21(3)39)27-18-23-6-5-7-26-29(23)31(32,30(25)41-26)16-17-37(27)4/h5-13,20,25,27,30H,14-19H2,1-4H3/t25-,27-,30+,31+,32-/m1/s1. The van der Waals surface area contributed by atoms with E-state index in [2.05, 4.69) is 31.9 Å². The number of halogens is 3. The molecule has 1 saturated carbocycles. The Morgan fingerprint density at radius 2 is 1.90 bits per heavy atom. The van der Waals surface area contributed by atoms with Crippen molar-refractivity contribution in [1.82, 2.24) is 9.80 Å². The molecule has 2 bridgehead atoms. The third-order valence-electron chi connectivity index (χ3n) is 9.78. The summed E-state index contributed by atoms with van der Waals surface area (Å²) in [6.45, 7) is 6.89. The number of alkyl halides is 3. The molecule has 6 nitrogen and oxygen atoms in total. The minimum Gasteiger partial charge on any atom is -0.487 e. The summed E-state index contributed by atoms with van der Waals surface area (Å²) in [5, 5.41) is 0. The van der Waals surface area contributed by atoms with E-state index in [0.29, 0.717) is 24.9 Å². The molecule has 2 aliphatic carbocycles. The molecule has 2 aromatic carbocycles. The van der Waals surface area contributed by atoms with Crippen molar-refractivity contribution >= 4 is 18.0 Å². The van der Waals surface area contributed by atoms with E-state index in [1.165, 1.54) is 30.7 Å². The van der Waals surface area contributed by atoms with Gasteiger partial charge in [0.15, 0.2) is 0 Å². The number of ether oxygens (including phenoxy) is 2. The van der Waals surface area contributed by atoms with Crippen molar-refractivity contribution in [2.24, 2.45) is 5.92 Å². The maximum Gasteiger partial charge on any atom is 0.416 e. The van der Waals surface area contributed by atoms with Crippen LogP contribution in [0.3, 0.4) is 0 Å². The molecule has 1 spiro atoms. The summed E-state index contributed by atoms with van der Waals surface area (Å²) >= 11 is 0. The Bertz CT molecular complexity index is 1420. The summed E-state index contributed by atoms with van der Waals surface area (Å²) < 4.78 is 52.3. The summed E-state index contributed by atoms with van der Waals surface area (Å²) in [4.78, 5) is 30.8. The second-order valence-electron chi connectivity index (χ2n) is 12.7. The first-order valence-electron chi connectivity index (χ1n) is 14.7. The smallest absolute Gasteiger partial charge is 0.416 e. The van der Waals surface area contributed by atoms with E-state index >= 15 is 0 Å². The van der Waals surface area contributed by atoms with E-state index in [-0.39, 0.29) is 29.9 Å². The number of likely N-dealkylation sites (N-methyl/N-ethyl adjacent to an activating group) is 1. The van der Waals surface area contributed by atoms with Gasteiger partial charge < -0.3 is 14.4 Å². The molecule has 224 valence electrons. The van der Waals surface area contributed by atoms with E-state index in [9.17, 15) is 22.8 Å². The van der Waals surface area contributed by atoms with E-state index in [4.69, 9.17) is 9.47 Å². The Kier molecular flexibility index (Phi) is 6.95. The lowest BCUT2D eigenvalue weighted by molar-refractivity contribution is -0.221. The van der Waals surface area contributed by atoms with Gasteiger partial charge in [-0.15, -0.1) is 0 Å². The number of hydrogen-bond acceptors (Lipinski definition) is 5. The number of esters is 1. The third kappa shape index (κ3) is 4.34. The summed E-state index contributed by atoms with van der Waals surface area (Å²) in [7, 11) is 2.09. The first-order chi connectivity index (χ1) is 19.9. The Labute approximate surface area is 244 Å².